The largest absolute Gasteiger partial charge is 0.710 e. The molecular formula is C16H10N2O5. The second-order valence-corrected chi connectivity index (χ2v) is 5.18. The van der Waals surface area contributed by atoms with Gasteiger partial charge >= 0.3 is 0 Å². The van der Waals surface area contributed by atoms with Crippen LogP contribution in [0.25, 0.3) is 22.2 Å². The Labute approximate surface area is 130 Å². The first kappa shape index (κ1) is 12.3. The quantitative estimate of drug-likeness (QED) is 0.505. The van der Waals surface area contributed by atoms with Crippen LogP contribution in [0.15, 0.2) is 36.7 Å². The molecule has 0 fully saturated rings. The summed E-state index contributed by atoms with van der Waals surface area (Å²) in [6.45, 7) is 0.308. The van der Waals surface area contributed by atoms with Gasteiger partial charge < -0.3 is 24.2 Å². The Morgan fingerprint density at radius 3 is 2.65 bits per heavy atom. The molecule has 0 unspecified atom stereocenters. The van der Waals surface area contributed by atoms with Gasteiger partial charge in [0, 0.05) is 5.56 Å². The van der Waals surface area contributed by atoms with E-state index in [9.17, 15) is 5.21 Å². The topological polar surface area (TPSA) is 76.8 Å². The number of aromatic nitrogens is 2. The van der Waals surface area contributed by atoms with Crippen LogP contribution in [-0.4, -0.2) is 18.6 Å². The molecule has 3 heterocycles. The van der Waals surface area contributed by atoms with Crippen molar-refractivity contribution in [3.05, 3.63) is 41.9 Å². The maximum atomic E-state index is 12.4. The summed E-state index contributed by atoms with van der Waals surface area (Å²) in [6, 6.07) is 8.96. The van der Waals surface area contributed by atoms with Gasteiger partial charge in [0.25, 0.3) is 6.33 Å². The van der Waals surface area contributed by atoms with E-state index in [1.54, 1.807) is 24.3 Å². The maximum Gasteiger partial charge on any atom is 0.290 e. The predicted molar refractivity (Wildman–Crippen MR) is 78.4 cm³/mol. The van der Waals surface area contributed by atoms with Crippen LogP contribution in [-0.2, 0) is 0 Å². The molecule has 0 N–H and O–H groups in total. The molecule has 23 heavy (non-hydrogen) atoms. The second-order valence-electron chi connectivity index (χ2n) is 5.18. The van der Waals surface area contributed by atoms with E-state index in [0.29, 0.717) is 45.2 Å². The Bertz CT molecular complexity index is 957. The van der Waals surface area contributed by atoms with Crippen LogP contribution in [0, 0.1) is 5.21 Å². The fraction of sp³-hybridized carbons (Fsp3) is 0.125. The van der Waals surface area contributed by atoms with Gasteiger partial charge in [0.2, 0.25) is 13.6 Å². The molecule has 7 heteroatoms. The summed E-state index contributed by atoms with van der Waals surface area (Å²) in [5, 5.41) is 13.0. The monoisotopic (exact) mass is 310 g/mol. The minimum Gasteiger partial charge on any atom is -0.710 e. The smallest absolute Gasteiger partial charge is 0.290 e. The molecule has 0 saturated heterocycles. The number of rotatable bonds is 1. The van der Waals surface area contributed by atoms with Crippen molar-refractivity contribution in [2.75, 3.05) is 13.6 Å². The van der Waals surface area contributed by atoms with Crippen molar-refractivity contribution in [3.8, 4) is 34.3 Å². The minimum atomic E-state index is 0.128. The molecule has 1 aromatic heterocycles. The summed E-state index contributed by atoms with van der Waals surface area (Å²) in [5.74, 6) is 2.41. The van der Waals surface area contributed by atoms with Gasteiger partial charge in [-0.05, 0) is 35.3 Å². The molecule has 7 nitrogen and oxygen atoms in total. The fourth-order valence-corrected chi connectivity index (χ4v) is 2.90. The average Bonchev–Trinajstić information content (AvgIpc) is 3.22. The number of nitrogens with zero attached hydrogens (tertiary/aromatic N) is 2. The molecule has 2 aliphatic heterocycles. The van der Waals surface area contributed by atoms with Crippen LogP contribution in [0.1, 0.15) is 0 Å². The number of fused-ring (bicyclic) bond motifs is 4. The molecule has 0 atom stereocenters. The highest BCUT2D eigenvalue weighted by Gasteiger charge is 2.26. The van der Waals surface area contributed by atoms with Gasteiger partial charge in [-0.15, -0.1) is 0 Å². The van der Waals surface area contributed by atoms with Crippen molar-refractivity contribution in [2.45, 2.75) is 0 Å². The van der Waals surface area contributed by atoms with E-state index in [2.05, 4.69) is 4.98 Å². The zero-order chi connectivity index (χ0) is 15.4. The van der Waals surface area contributed by atoms with Crippen LogP contribution >= 0.6 is 0 Å². The SMILES string of the molecule is [O-][n+]1cnc2ccc3c(c2c1-c1ccc2c(c1)OCO2)OCO3. The summed E-state index contributed by atoms with van der Waals surface area (Å²) in [7, 11) is 0. The molecule has 2 aromatic carbocycles. The van der Waals surface area contributed by atoms with Gasteiger partial charge in [-0.3, -0.25) is 0 Å². The van der Waals surface area contributed by atoms with E-state index in [1.807, 2.05) is 6.07 Å². The third-order valence-electron chi connectivity index (χ3n) is 3.92. The van der Waals surface area contributed by atoms with Crippen molar-refractivity contribution in [1.82, 2.24) is 4.98 Å². The zero-order valence-corrected chi connectivity index (χ0v) is 11.8. The summed E-state index contributed by atoms with van der Waals surface area (Å²) in [6.07, 6.45) is 1.24. The van der Waals surface area contributed by atoms with Crippen LogP contribution < -0.4 is 23.7 Å². The van der Waals surface area contributed by atoms with Gasteiger partial charge in [-0.1, -0.05) is 0 Å². The van der Waals surface area contributed by atoms with Gasteiger partial charge in [0.15, 0.2) is 34.2 Å². The lowest BCUT2D eigenvalue weighted by molar-refractivity contribution is -0.595. The molecule has 3 aromatic rings. The first-order chi connectivity index (χ1) is 11.3. The molecule has 0 bridgehead atoms. The zero-order valence-electron chi connectivity index (χ0n) is 11.8. The van der Waals surface area contributed by atoms with Gasteiger partial charge in [0.05, 0.1) is 0 Å². The highest BCUT2D eigenvalue weighted by Crippen LogP contribution is 2.43. The van der Waals surface area contributed by atoms with Crippen molar-refractivity contribution in [1.29, 1.82) is 0 Å². The molecule has 5 rings (SSSR count). The third-order valence-corrected chi connectivity index (χ3v) is 3.92. The number of ether oxygens (including phenoxy) is 4. The standard InChI is InChI=1S/C16H10N2O5/c19-18-6-17-10-2-4-12-16(23-8-21-12)14(10)15(18)9-1-3-11-13(5-9)22-7-20-11/h1-6H,7-8H2. The lowest BCUT2D eigenvalue weighted by Gasteiger charge is -2.12. The summed E-state index contributed by atoms with van der Waals surface area (Å²) in [4.78, 5) is 4.18. The first-order valence-corrected chi connectivity index (χ1v) is 7.02. The van der Waals surface area contributed by atoms with E-state index in [-0.39, 0.29) is 13.6 Å². The Kier molecular flexibility index (Phi) is 2.35. The maximum absolute atomic E-state index is 12.4. The van der Waals surface area contributed by atoms with Crippen molar-refractivity contribution < 1.29 is 23.7 Å². The molecule has 2 aliphatic rings. The molecule has 0 amide bonds. The van der Waals surface area contributed by atoms with Crippen LogP contribution in [0.5, 0.6) is 23.0 Å². The number of hydrogen-bond donors (Lipinski definition) is 0. The van der Waals surface area contributed by atoms with E-state index >= 15 is 0 Å². The van der Waals surface area contributed by atoms with Gasteiger partial charge in [-0.2, -0.15) is 0 Å². The summed E-state index contributed by atoms with van der Waals surface area (Å²) < 4.78 is 22.4. The summed E-state index contributed by atoms with van der Waals surface area (Å²) in [5.41, 5.74) is 1.80. The van der Waals surface area contributed by atoms with Gasteiger partial charge in [-0.25, -0.2) is 4.73 Å². The number of benzene rings is 2. The molecule has 0 radical (unpaired) electrons. The van der Waals surface area contributed by atoms with Crippen molar-refractivity contribution in [3.63, 3.8) is 0 Å². The van der Waals surface area contributed by atoms with Crippen molar-refractivity contribution >= 4 is 10.9 Å². The highest BCUT2D eigenvalue weighted by atomic mass is 16.7. The molecular weight excluding hydrogens is 300 g/mol. The minimum absolute atomic E-state index is 0.128. The normalized spacial score (nSPS) is 14.4. The molecule has 0 aliphatic carbocycles. The van der Waals surface area contributed by atoms with Crippen LogP contribution in [0.4, 0.5) is 0 Å². The Morgan fingerprint density at radius 2 is 1.70 bits per heavy atom. The molecule has 0 spiro atoms. The highest BCUT2D eigenvalue weighted by molar-refractivity contribution is 5.98. The van der Waals surface area contributed by atoms with E-state index in [1.165, 1.54) is 6.33 Å². The predicted octanol–water partition coefficient (Wildman–Crippen LogP) is 1.99. The number of hydrogen-bond acceptors (Lipinski definition) is 6. The second kappa shape index (κ2) is 4.39. The Morgan fingerprint density at radius 1 is 0.913 bits per heavy atom. The summed E-state index contributed by atoms with van der Waals surface area (Å²) >= 11 is 0. The van der Waals surface area contributed by atoms with Crippen LogP contribution in [0.3, 0.4) is 0 Å². The fourth-order valence-electron chi connectivity index (χ4n) is 2.90. The average molecular weight is 310 g/mol. The van der Waals surface area contributed by atoms with Gasteiger partial charge in [0.1, 0.15) is 5.39 Å². The van der Waals surface area contributed by atoms with E-state index in [0.717, 1.165) is 4.73 Å². The lowest BCUT2D eigenvalue weighted by Crippen LogP contribution is -2.29. The third kappa shape index (κ3) is 1.70. The van der Waals surface area contributed by atoms with Crippen LogP contribution in [0.2, 0.25) is 0 Å². The molecule has 0 saturated carbocycles. The first-order valence-electron chi connectivity index (χ1n) is 7.02. The Balaban J connectivity index is 1.84. The van der Waals surface area contributed by atoms with E-state index < -0.39 is 0 Å². The Hall–Kier alpha value is -3.22. The van der Waals surface area contributed by atoms with E-state index in [4.69, 9.17) is 18.9 Å². The molecule has 114 valence electrons. The lowest BCUT2D eigenvalue weighted by atomic mass is 10.0. The van der Waals surface area contributed by atoms with Crippen molar-refractivity contribution in [2.24, 2.45) is 0 Å².